The van der Waals surface area contributed by atoms with Gasteiger partial charge in [0.2, 0.25) is 0 Å². The van der Waals surface area contributed by atoms with Gasteiger partial charge in [0.05, 0.1) is 0 Å². The number of aliphatic hydroxyl groups is 2. The minimum atomic E-state index is -1.10. The van der Waals surface area contributed by atoms with E-state index in [0.717, 1.165) is 12.8 Å². The topological polar surface area (TPSA) is 40.5 Å². The maximum Gasteiger partial charge on any atom is 0.151 e. The van der Waals surface area contributed by atoms with Crippen LogP contribution in [-0.2, 0) is 0 Å². The second kappa shape index (κ2) is 22.7. The summed E-state index contributed by atoms with van der Waals surface area (Å²) in [7, 11) is 0. The van der Waals surface area contributed by atoms with Crippen LogP contribution < -0.4 is 0 Å². The van der Waals surface area contributed by atoms with Gasteiger partial charge in [-0.2, -0.15) is 0 Å². The lowest BCUT2D eigenvalue weighted by molar-refractivity contribution is -0.0463. The summed E-state index contributed by atoms with van der Waals surface area (Å²) in [4.78, 5) is 0. The zero-order chi connectivity index (χ0) is 9.70. The molecular weight excluding hydrogens is 140 g/mol. The Balaban J connectivity index is -0.000000138. The molecule has 0 saturated heterocycles. The van der Waals surface area contributed by atoms with Gasteiger partial charge in [0, 0.05) is 0 Å². The van der Waals surface area contributed by atoms with Crippen LogP contribution in [-0.4, -0.2) is 16.5 Å². The van der Waals surface area contributed by atoms with E-state index in [0.29, 0.717) is 6.42 Å². The Kier molecular flexibility index (Phi) is 34.7. The molecule has 0 heterocycles. The Hall–Kier alpha value is -0.600. The highest BCUT2D eigenvalue weighted by Gasteiger charge is 1.92. The van der Waals surface area contributed by atoms with Crippen LogP contribution in [0.1, 0.15) is 26.2 Å². The van der Waals surface area contributed by atoms with Crippen molar-refractivity contribution in [2.45, 2.75) is 32.5 Å². The van der Waals surface area contributed by atoms with Crippen molar-refractivity contribution in [3.8, 4) is 0 Å². The molecule has 68 valence electrons. The average molecular weight is 160 g/mol. The van der Waals surface area contributed by atoms with E-state index >= 15 is 0 Å². The maximum atomic E-state index is 8.24. The molecule has 0 saturated carbocycles. The molecule has 0 rings (SSSR count). The zero-order valence-corrected chi connectivity index (χ0v) is 7.42. The molecule has 0 bridgehead atoms. The summed E-state index contributed by atoms with van der Waals surface area (Å²) in [6.07, 6.45) is 1.34. The molecule has 2 nitrogen and oxygen atoms in total. The van der Waals surface area contributed by atoms with Gasteiger partial charge in [-0.25, -0.2) is 0 Å². The normalized spacial score (nSPS) is 7.27. The predicted molar refractivity (Wildman–Crippen MR) is 50.3 cm³/mol. The van der Waals surface area contributed by atoms with E-state index in [1.54, 1.807) is 0 Å². The van der Waals surface area contributed by atoms with Crippen molar-refractivity contribution in [2.24, 2.45) is 0 Å². The lowest BCUT2D eigenvalue weighted by atomic mass is 10.2. The predicted octanol–water partition coefficient (Wildman–Crippen LogP) is 2.09. The van der Waals surface area contributed by atoms with Gasteiger partial charge in [-0.15, -0.1) is 26.3 Å². The molecule has 0 spiro atoms. The molecule has 0 aliphatic heterocycles. The molecule has 2 heteroatoms. The standard InChI is InChI=1S/C5H12O2.2C2H4/c1-2-3-4-5(6)7;2*1-2/h5-7H,2-4H2,1H3;2*1-2H2. The fourth-order valence-electron chi connectivity index (χ4n) is 0.387. The van der Waals surface area contributed by atoms with Gasteiger partial charge >= 0.3 is 0 Å². The minimum absolute atomic E-state index is 0.510. The number of hydrogen-bond acceptors (Lipinski definition) is 2. The van der Waals surface area contributed by atoms with E-state index in [1.165, 1.54) is 0 Å². The third-order valence-corrected chi connectivity index (χ3v) is 0.816. The molecule has 0 aromatic carbocycles. The van der Waals surface area contributed by atoms with E-state index in [-0.39, 0.29) is 0 Å². The number of unbranched alkanes of at least 4 members (excludes halogenated alkanes) is 1. The van der Waals surface area contributed by atoms with Gasteiger partial charge in [0.1, 0.15) is 0 Å². The highest BCUT2D eigenvalue weighted by molar-refractivity contribution is 4.36. The van der Waals surface area contributed by atoms with Crippen molar-refractivity contribution in [1.29, 1.82) is 0 Å². The van der Waals surface area contributed by atoms with Crippen molar-refractivity contribution in [3.05, 3.63) is 26.3 Å². The average Bonchev–Trinajstić information content (AvgIpc) is 2.08. The van der Waals surface area contributed by atoms with Crippen LogP contribution in [0, 0.1) is 0 Å². The van der Waals surface area contributed by atoms with Crippen LogP contribution in [0.2, 0.25) is 0 Å². The Bertz CT molecular complexity index is 51.5. The minimum Gasteiger partial charge on any atom is -0.368 e. The Morgan fingerprint density at radius 1 is 1.09 bits per heavy atom. The van der Waals surface area contributed by atoms with Crippen molar-refractivity contribution in [3.63, 3.8) is 0 Å². The first-order chi connectivity index (χ1) is 5.27. The number of rotatable bonds is 3. The summed E-state index contributed by atoms with van der Waals surface area (Å²) in [5, 5.41) is 16.5. The molecule has 0 amide bonds. The summed E-state index contributed by atoms with van der Waals surface area (Å²) in [6, 6.07) is 0. The first kappa shape index (κ1) is 16.8. The summed E-state index contributed by atoms with van der Waals surface area (Å²) in [5.41, 5.74) is 0. The van der Waals surface area contributed by atoms with Crippen molar-refractivity contribution < 1.29 is 10.2 Å². The third kappa shape index (κ3) is 44.5. The SMILES string of the molecule is C=C.C=C.CCCCC(O)O. The van der Waals surface area contributed by atoms with Crippen LogP contribution in [0.5, 0.6) is 0 Å². The van der Waals surface area contributed by atoms with Crippen LogP contribution in [0.25, 0.3) is 0 Å². The number of aliphatic hydroxyl groups excluding tert-OH is 1. The Labute approximate surface area is 69.9 Å². The molecular formula is C9H20O2. The van der Waals surface area contributed by atoms with E-state index in [9.17, 15) is 0 Å². The van der Waals surface area contributed by atoms with Crippen LogP contribution in [0.3, 0.4) is 0 Å². The highest BCUT2D eigenvalue weighted by atomic mass is 16.5. The molecule has 2 N–H and O–H groups in total. The largest absolute Gasteiger partial charge is 0.368 e. The second-order valence-electron chi connectivity index (χ2n) is 1.62. The third-order valence-electron chi connectivity index (χ3n) is 0.816. The molecule has 0 unspecified atom stereocenters. The van der Waals surface area contributed by atoms with Crippen molar-refractivity contribution >= 4 is 0 Å². The summed E-state index contributed by atoms with van der Waals surface area (Å²) in [5.74, 6) is 0. The fraction of sp³-hybridized carbons (Fsp3) is 0.556. The van der Waals surface area contributed by atoms with Crippen LogP contribution in [0.4, 0.5) is 0 Å². The van der Waals surface area contributed by atoms with Gasteiger partial charge in [0.15, 0.2) is 6.29 Å². The Morgan fingerprint density at radius 3 is 1.55 bits per heavy atom. The van der Waals surface area contributed by atoms with Gasteiger partial charge in [0.25, 0.3) is 0 Å². The van der Waals surface area contributed by atoms with Gasteiger partial charge < -0.3 is 10.2 Å². The molecule has 0 atom stereocenters. The van der Waals surface area contributed by atoms with E-state index in [4.69, 9.17) is 10.2 Å². The molecule has 11 heavy (non-hydrogen) atoms. The first-order valence-corrected chi connectivity index (χ1v) is 3.63. The van der Waals surface area contributed by atoms with E-state index in [2.05, 4.69) is 26.3 Å². The molecule has 0 aromatic heterocycles. The maximum absolute atomic E-state index is 8.24. The lowest BCUT2D eigenvalue weighted by Gasteiger charge is -1.97. The quantitative estimate of drug-likeness (QED) is 0.490. The molecule has 0 aliphatic rings. The van der Waals surface area contributed by atoms with Crippen molar-refractivity contribution in [2.75, 3.05) is 0 Å². The number of hydrogen-bond donors (Lipinski definition) is 2. The molecule has 0 aromatic rings. The lowest BCUT2D eigenvalue weighted by Crippen LogP contribution is -2.02. The smallest absolute Gasteiger partial charge is 0.151 e. The summed E-state index contributed by atoms with van der Waals surface area (Å²) in [6.45, 7) is 14.0. The van der Waals surface area contributed by atoms with Gasteiger partial charge in [-0.05, 0) is 12.8 Å². The molecule has 0 aliphatic carbocycles. The van der Waals surface area contributed by atoms with Crippen LogP contribution >= 0.6 is 0 Å². The molecule has 0 radical (unpaired) electrons. The van der Waals surface area contributed by atoms with E-state index < -0.39 is 6.29 Å². The Morgan fingerprint density at radius 2 is 1.45 bits per heavy atom. The van der Waals surface area contributed by atoms with Gasteiger partial charge in [-0.1, -0.05) is 13.3 Å². The first-order valence-electron chi connectivity index (χ1n) is 3.63. The van der Waals surface area contributed by atoms with Crippen molar-refractivity contribution in [1.82, 2.24) is 0 Å². The molecule has 0 fully saturated rings. The monoisotopic (exact) mass is 160 g/mol. The fourth-order valence-corrected chi connectivity index (χ4v) is 0.387. The summed E-state index contributed by atoms with van der Waals surface area (Å²) < 4.78 is 0. The summed E-state index contributed by atoms with van der Waals surface area (Å²) >= 11 is 0. The second-order valence-corrected chi connectivity index (χ2v) is 1.62. The zero-order valence-electron chi connectivity index (χ0n) is 7.42. The van der Waals surface area contributed by atoms with E-state index in [1.807, 2.05) is 6.92 Å². The van der Waals surface area contributed by atoms with Crippen LogP contribution in [0.15, 0.2) is 26.3 Å². The van der Waals surface area contributed by atoms with Gasteiger partial charge in [-0.3, -0.25) is 0 Å². The highest BCUT2D eigenvalue weighted by Crippen LogP contribution is 1.95.